The van der Waals surface area contributed by atoms with Gasteiger partial charge in [0.2, 0.25) is 0 Å². The molecule has 1 saturated heterocycles. The predicted octanol–water partition coefficient (Wildman–Crippen LogP) is 1.78. The van der Waals surface area contributed by atoms with Crippen LogP contribution in [0.2, 0.25) is 0 Å². The van der Waals surface area contributed by atoms with Crippen LogP contribution in [0.25, 0.3) is 11.0 Å². The number of pyridine rings is 3. The van der Waals surface area contributed by atoms with Crippen LogP contribution in [0.5, 0.6) is 11.5 Å². The largest absolute Gasteiger partial charge is 0.486 e. The smallest absolute Gasteiger partial charge is 0.251 e. The van der Waals surface area contributed by atoms with Crippen LogP contribution in [-0.2, 0) is 6.54 Å². The summed E-state index contributed by atoms with van der Waals surface area (Å²) < 4.78 is 27.1. The molecule has 11 heteroatoms. The van der Waals surface area contributed by atoms with E-state index >= 15 is 0 Å². The summed E-state index contributed by atoms with van der Waals surface area (Å²) in [5, 5.41) is 14.0. The van der Waals surface area contributed by atoms with Crippen molar-refractivity contribution in [3.63, 3.8) is 0 Å². The van der Waals surface area contributed by atoms with Crippen LogP contribution in [0.4, 0.5) is 4.39 Å². The lowest BCUT2D eigenvalue weighted by Gasteiger charge is -2.39. The van der Waals surface area contributed by atoms with Gasteiger partial charge in [-0.2, -0.15) is 0 Å². The van der Waals surface area contributed by atoms with Gasteiger partial charge in [-0.05, 0) is 18.6 Å². The fraction of sp³-hybridized carbons (Fsp3) is 0.458. The molecular formula is C24H26FN5O4S. The third kappa shape index (κ3) is 4.37. The molecule has 0 spiro atoms. The van der Waals surface area contributed by atoms with Crippen LogP contribution in [0.3, 0.4) is 0 Å². The van der Waals surface area contributed by atoms with Gasteiger partial charge in [0.15, 0.2) is 17.3 Å². The minimum atomic E-state index is -0.563. The summed E-state index contributed by atoms with van der Waals surface area (Å²) in [5.74, 6) is 1.03. The lowest BCUT2D eigenvalue weighted by molar-refractivity contribution is 0.0184. The van der Waals surface area contributed by atoms with Crippen LogP contribution in [0.15, 0.2) is 40.3 Å². The monoisotopic (exact) mass is 499 g/mol. The van der Waals surface area contributed by atoms with E-state index in [1.807, 2.05) is 6.07 Å². The Morgan fingerprint density at radius 3 is 3.09 bits per heavy atom. The van der Waals surface area contributed by atoms with Crippen LogP contribution in [-0.4, -0.2) is 69.4 Å². The van der Waals surface area contributed by atoms with E-state index in [1.54, 1.807) is 28.6 Å². The second-order valence-corrected chi connectivity index (χ2v) is 10.2. The van der Waals surface area contributed by atoms with Crippen molar-refractivity contribution in [2.45, 2.75) is 30.0 Å². The maximum absolute atomic E-state index is 14.3. The molecule has 3 aromatic rings. The van der Waals surface area contributed by atoms with Gasteiger partial charge in [0.05, 0.1) is 40.6 Å². The maximum Gasteiger partial charge on any atom is 0.251 e. The van der Waals surface area contributed by atoms with E-state index in [1.165, 1.54) is 6.07 Å². The van der Waals surface area contributed by atoms with E-state index in [9.17, 15) is 14.3 Å². The molecule has 0 amide bonds. The predicted molar refractivity (Wildman–Crippen MR) is 128 cm³/mol. The average Bonchev–Trinajstić information content (AvgIpc) is 3.33. The Labute approximate surface area is 205 Å². The minimum Gasteiger partial charge on any atom is -0.486 e. The molecule has 0 radical (unpaired) electrons. The van der Waals surface area contributed by atoms with Gasteiger partial charge in [0.1, 0.15) is 18.1 Å². The van der Waals surface area contributed by atoms with E-state index < -0.39 is 11.9 Å². The average molecular weight is 500 g/mol. The fourth-order valence-electron chi connectivity index (χ4n) is 5.14. The van der Waals surface area contributed by atoms with E-state index in [-0.39, 0.29) is 29.9 Å². The summed E-state index contributed by atoms with van der Waals surface area (Å²) in [6, 6.07) is 4.85. The quantitative estimate of drug-likeness (QED) is 0.526. The second kappa shape index (κ2) is 9.38. The molecule has 3 aliphatic heterocycles. The number of aliphatic hydroxyl groups is 1. The van der Waals surface area contributed by atoms with Gasteiger partial charge in [0, 0.05) is 44.7 Å². The van der Waals surface area contributed by atoms with Crippen molar-refractivity contribution in [3.8, 4) is 11.5 Å². The first kappa shape index (κ1) is 22.7. The topological polar surface area (TPSA) is 102 Å². The summed E-state index contributed by atoms with van der Waals surface area (Å²) in [6.07, 6.45) is 3.14. The van der Waals surface area contributed by atoms with Crippen LogP contribution in [0, 0.1) is 11.7 Å². The SMILES string of the molecule is O=c1ccc2ncc(F)c3c2n1[C@H](CN1CC[C@@H](O)[C@@H](CNCc2cc4c(cn2)OCS4)C1)CO3. The third-order valence-corrected chi connectivity index (χ3v) is 7.78. The van der Waals surface area contributed by atoms with E-state index in [4.69, 9.17) is 9.47 Å². The molecule has 6 heterocycles. The molecule has 0 saturated carbocycles. The molecule has 9 nitrogen and oxygen atoms in total. The normalized spacial score (nSPS) is 23.7. The molecule has 0 aliphatic carbocycles. The first-order valence-electron chi connectivity index (χ1n) is 11.7. The van der Waals surface area contributed by atoms with Gasteiger partial charge in [-0.25, -0.2) is 4.39 Å². The molecule has 3 aliphatic rings. The Balaban J connectivity index is 1.12. The Bertz CT molecular complexity index is 1320. The zero-order valence-corrected chi connectivity index (χ0v) is 19.8. The molecule has 184 valence electrons. The van der Waals surface area contributed by atoms with Crippen molar-refractivity contribution in [1.29, 1.82) is 0 Å². The lowest BCUT2D eigenvalue weighted by Crippen LogP contribution is -2.49. The molecular weight excluding hydrogens is 473 g/mol. The summed E-state index contributed by atoms with van der Waals surface area (Å²) >= 11 is 1.66. The molecule has 3 atom stereocenters. The minimum absolute atomic E-state index is 0.0410. The van der Waals surface area contributed by atoms with E-state index in [0.717, 1.165) is 29.1 Å². The summed E-state index contributed by atoms with van der Waals surface area (Å²) in [6.45, 7) is 3.44. The van der Waals surface area contributed by atoms with Gasteiger partial charge in [-0.1, -0.05) is 11.8 Å². The van der Waals surface area contributed by atoms with Crippen molar-refractivity contribution in [3.05, 3.63) is 52.5 Å². The standard InChI is InChI=1S/C24H26FN5O4S/c25-17-8-28-18-1-2-22(32)30-16(12-33-24(17)23(18)30)11-29-4-3-19(31)14(10-29)6-26-7-15-5-21-20(9-27-15)34-13-35-21/h1-2,5,8-9,14,16,19,26,31H,3-4,6-7,10-13H2/t14-,16+,19+/m0/s1. The van der Waals surface area contributed by atoms with Crippen LogP contribution >= 0.6 is 11.8 Å². The van der Waals surface area contributed by atoms with Gasteiger partial charge in [-0.15, -0.1) is 0 Å². The molecule has 6 rings (SSSR count). The van der Waals surface area contributed by atoms with Crippen LogP contribution in [0.1, 0.15) is 18.2 Å². The molecule has 0 bridgehead atoms. The van der Waals surface area contributed by atoms with Crippen molar-refractivity contribution in [2.24, 2.45) is 5.92 Å². The molecule has 2 N–H and O–H groups in total. The number of hydrogen-bond acceptors (Lipinski definition) is 9. The first-order chi connectivity index (χ1) is 17.1. The van der Waals surface area contributed by atoms with Crippen molar-refractivity contribution in [2.75, 3.05) is 38.7 Å². The molecule has 1 fully saturated rings. The number of likely N-dealkylation sites (tertiary alicyclic amines) is 1. The van der Waals surface area contributed by atoms with Crippen molar-refractivity contribution >= 4 is 22.8 Å². The van der Waals surface area contributed by atoms with Crippen LogP contribution < -0.4 is 20.3 Å². The van der Waals surface area contributed by atoms with Gasteiger partial charge < -0.3 is 24.8 Å². The van der Waals surface area contributed by atoms with E-state index in [0.29, 0.717) is 49.6 Å². The number of hydrogen-bond donors (Lipinski definition) is 2. The Hall–Kier alpha value is -2.73. The maximum atomic E-state index is 14.3. The Morgan fingerprint density at radius 2 is 2.17 bits per heavy atom. The van der Waals surface area contributed by atoms with Crippen molar-refractivity contribution < 1.29 is 19.0 Å². The highest BCUT2D eigenvalue weighted by atomic mass is 32.2. The third-order valence-electron chi connectivity index (χ3n) is 6.92. The molecule has 35 heavy (non-hydrogen) atoms. The molecule has 0 unspecified atom stereocenters. The number of fused-ring (bicyclic) bond motifs is 1. The second-order valence-electron chi connectivity index (χ2n) is 9.21. The number of nitrogens with one attached hydrogen (secondary N) is 1. The zero-order chi connectivity index (χ0) is 23.9. The summed E-state index contributed by atoms with van der Waals surface area (Å²) in [7, 11) is 0. The number of piperidine rings is 1. The number of nitrogens with zero attached hydrogens (tertiary/aromatic N) is 4. The van der Waals surface area contributed by atoms with E-state index in [2.05, 4.69) is 20.2 Å². The highest BCUT2D eigenvalue weighted by molar-refractivity contribution is 7.99. The highest BCUT2D eigenvalue weighted by Crippen LogP contribution is 2.36. The summed E-state index contributed by atoms with van der Waals surface area (Å²) in [4.78, 5) is 24.7. The fourth-order valence-corrected chi connectivity index (χ4v) is 5.93. The summed E-state index contributed by atoms with van der Waals surface area (Å²) in [5.41, 5.74) is 1.69. The van der Waals surface area contributed by atoms with Crippen molar-refractivity contribution in [1.82, 2.24) is 24.8 Å². The first-order valence-corrected chi connectivity index (χ1v) is 12.7. The number of rotatable bonds is 6. The molecule has 3 aromatic heterocycles. The van der Waals surface area contributed by atoms with Gasteiger partial charge in [0.25, 0.3) is 5.56 Å². The number of aliphatic hydroxyl groups excluding tert-OH is 1. The highest BCUT2D eigenvalue weighted by Gasteiger charge is 2.32. The number of aromatic nitrogens is 3. The van der Waals surface area contributed by atoms with Gasteiger partial charge in [-0.3, -0.25) is 19.3 Å². The molecule has 0 aromatic carbocycles. The Morgan fingerprint density at radius 1 is 1.26 bits per heavy atom. The number of thioether (sulfide) groups is 1. The lowest BCUT2D eigenvalue weighted by atomic mass is 9.94. The number of ether oxygens (including phenoxy) is 2. The Kier molecular flexibility index (Phi) is 6.09. The zero-order valence-electron chi connectivity index (χ0n) is 19.0. The number of halogens is 1. The van der Waals surface area contributed by atoms with Gasteiger partial charge >= 0.3 is 0 Å².